The average Bonchev–Trinajstić information content (AvgIpc) is 3.41. The van der Waals surface area contributed by atoms with Gasteiger partial charge in [0.2, 0.25) is 0 Å². The van der Waals surface area contributed by atoms with Crippen molar-refractivity contribution in [3.8, 4) is 0 Å². The van der Waals surface area contributed by atoms with Crippen molar-refractivity contribution in [3.63, 3.8) is 0 Å². The first-order valence-electron chi connectivity index (χ1n) is 10.2. The number of fused-ring (bicyclic) bond motifs is 1. The van der Waals surface area contributed by atoms with Gasteiger partial charge in [0.15, 0.2) is 5.78 Å². The van der Waals surface area contributed by atoms with Crippen molar-refractivity contribution in [3.05, 3.63) is 65.9 Å². The smallest absolute Gasteiger partial charge is 0.274 e. The molecule has 0 aliphatic heterocycles. The summed E-state index contributed by atoms with van der Waals surface area (Å²) in [5.74, 6) is -1.25. The summed E-state index contributed by atoms with van der Waals surface area (Å²) in [5.41, 5.74) is 1.01. The average molecular weight is 409 g/mol. The van der Waals surface area contributed by atoms with E-state index in [0.717, 1.165) is 25.7 Å². The Morgan fingerprint density at radius 3 is 2.77 bits per heavy atom. The zero-order chi connectivity index (χ0) is 21.1. The zero-order valence-electron chi connectivity index (χ0n) is 16.6. The number of imidazole rings is 1. The number of halogens is 1. The van der Waals surface area contributed by atoms with Gasteiger partial charge in [-0.25, -0.2) is 9.37 Å². The summed E-state index contributed by atoms with van der Waals surface area (Å²) < 4.78 is 15.9. The Kier molecular flexibility index (Phi) is 5.63. The maximum absolute atomic E-state index is 14.3. The van der Waals surface area contributed by atoms with E-state index in [2.05, 4.69) is 10.3 Å². The van der Waals surface area contributed by atoms with Gasteiger partial charge in [0, 0.05) is 24.8 Å². The Hall–Kier alpha value is -3.06. The third-order valence-electron chi connectivity index (χ3n) is 6.07. The normalized spacial score (nSPS) is 15.4. The predicted octanol–water partition coefficient (Wildman–Crippen LogP) is 4.24. The third-order valence-corrected chi connectivity index (χ3v) is 6.07. The number of anilines is 1. The molecule has 0 unspecified atom stereocenters. The van der Waals surface area contributed by atoms with Crippen molar-refractivity contribution < 1.29 is 19.1 Å². The van der Waals surface area contributed by atoms with Gasteiger partial charge in [-0.1, -0.05) is 18.9 Å². The van der Waals surface area contributed by atoms with Crippen LogP contribution in [-0.2, 0) is 0 Å². The molecule has 0 spiro atoms. The van der Waals surface area contributed by atoms with Gasteiger partial charge in [-0.3, -0.25) is 14.0 Å². The summed E-state index contributed by atoms with van der Waals surface area (Å²) in [6.07, 6.45) is 8.04. The molecule has 1 fully saturated rings. The van der Waals surface area contributed by atoms with Gasteiger partial charge < -0.3 is 10.4 Å². The molecule has 1 aliphatic rings. The maximum Gasteiger partial charge on any atom is 0.274 e. The number of amides is 1. The molecule has 1 saturated carbocycles. The van der Waals surface area contributed by atoms with E-state index < -0.39 is 11.7 Å². The Morgan fingerprint density at radius 2 is 2.00 bits per heavy atom. The molecule has 1 amide bonds. The number of ketones is 1. The minimum absolute atomic E-state index is 0.0468. The lowest BCUT2D eigenvalue weighted by atomic mass is 9.81. The Labute approximate surface area is 173 Å². The molecule has 2 N–H and O–H groups in total. The van der Waals surface area contributed by atoms with Crippen molar-refractivity contribution in [2.45, 2.75) is 38.5 Å². The van der Waals surface area contributed by atoms with E-state index in [1.54, 1.807) is 22.7 Å². The second kappa shape index (κ2) is 8.36. The lowest BCUT2D eigenvalue weighted by Crippen LogP contribution is -2.22. The van der Waals surface area contributed by atoms with E-state index in [-0.39, 0.29) is 35.6 Å². The fourth-order valence-corrected chi connectivity index (χ4v) is 4.22. The lowest BCUT2D eigenvalue weighted by Gasteiger charge is -2.25. The molecule has 6 nitrogen and oxygen atoms in total. The van der Waals surface area contributed by atoms with Crippen LogP contribution in [0.2, 0.25) is 0 Å². The number of carbonyl (C=O) groups excluding carboxylic acids is 2. The molecule has 0 radical (unpaired) electrons. The predicted molar refractivity (Wildman–Crippen MR) is 111 cm³/mol. The summed E-state index contributed by atoms with van der Waals surface area (Å²) in [5, 5.41) is 12.3. The first kappa shape index (κ1) is 20.2. The lowest BCUT2D eigenvalue weighted by molar-refractivity contribution is 0.0891. The molecule has 30 heavy (non-hydrogen) atoms. The van der Waals surface area contributed by atoms with Gasteiger partial charge in [0.25, 0.3) is 5.91 Å². The largest absolute Gasteiger partial charge is 0.396 e. The SMILES string of the molecule is O=C(CCC1(CO)CCCC1)c1ccc(F)c(NC(=O)c2cnc3ccccn23)c1. The highest BCUT2D eigenvalue weighted by molar-refractivity contribution is 6.04. The number of aliphatic hydroxyl groups excluding tert-OH is 1. The van der Waals surface area contributed by atoms with E-state index >= 15 is 0 Å². The highest BCUT2D eigenvalue weighted by Crippen LogP contribution is 2.41. The van der Waals surface area contributed by atoms with E-state index in [1.807, 2.05) is 6.07 Å². The molecule has 156 valence electrons. The number of hydrogen-bond donors (Lipinski definition) is 2. The van der Waals surface area contributed by atoms with Gasteiger partial charge in [0.05, 0.1) is 11.9 Å². The summed E-state index contributed by atoms with van der Waals surface area (Å²) >= 11 is 0. The van der Waals surface area contributed by atoms with Crippen LogP contribution in [0.25, 0.3) is 5.65 Å². The Bertz CT molecular complexity index is 1090. The molecule has 2 aromatic heterocycles. The van der Waals surface area contributed by atoms with Crippen molar-refractivity contribution in [1.82, 2.24) is 9.38 Å². The number of hydrogen-bond acceptors (Lipinski definition) is 4. The number of aromatic nitrogens is 2. The van der Waals surface area contributed by atoms with Gasteiger partial charge in [-0.2, -0.15) is 0 Å². The van der Waals surface area contributed by atoms with Gasteiger partial charge >= 0.3 is 0 Å². The van der Waals surface area contributed by atoms with Gasteiger partial charge in [0.1, 0.15) is 17.2 Å². The molecular weight excluding hydrogens is 385 g/mol. The van der Waals surface area contributed by atoms with Crippen molar-refractivity contribution in [1.29, 1.82) is 0 Å². The first-order chi connectivity index (χ1) is 14.5. The van der Waals surface area contributed by atoms with E-state index in [9.17, 15) is 19.1 Å². The van der Waals surface area contributed by atoms with Crippen LogP contribution in [0.15, 0.2) is 48.8 Å². The van der Waals surface area contributed by atoms with E-state index in [0.29, 0.717) is 17.6 Å². The molecule has 0 saturated heterocycles. The van der Waals surface area contributed by atoms with Crippen LogP contribution in [0.5, 0.6) is 0 Å². The second-order valence-electron chi connectivity index (χ2n) is 8.01. The first-order valence-corrected chi connectivity index (χ1v) is 10.2. The number of nitrogens with zero attached hydrogens (tertiary/aromatic N) is 2. The molecule has 4 rings (SSSR count). The number of aliphatic hydroxyl groups is 1. The summed E-state index contributed by atoms with van der Waals surface area (Å²) in [6.45, 7) is 0.0876. The Balaban J connectivity index is 1.49. The second-order valence-corrected chi connectivity index (χ2v) is 8.01. The van der Waals surface area contributed by atoms with Gasteiger partial charge in [-0.05, 0) is 55.0 Å². The van der Waals surface area contributed by atoms with Crippen LogP contribution in [0, 0.1) is 11.2 Å². The molecule has 0 bridgehead atoms. The molecule has 0 atom stereocenters. The quantitative estimate of drug-likeness (QED) is 0.572. The fraction of sp³-hybridized carbons (Fsp3) is 0.348. The standard InChI is InChI=1S/C23H24FN3O3/c24-17-7-6-16(20(29)8-11-23(15-28)9-2-3-10-23)13-18(17)26-22(30)19-14-25-21-5-1-4-12-27(19)21/h1,4-7,12-14,28H,2-3,8-11,15H2,(H,26,30). The van der Waals surface area contributed by atoms with Crippen molar-refractivity contribution in [2.75, 3.05) is 11.9 Å². The summed E-state index contributed by atoms with van der Waals surface area (Å²) in [6, 6.07) is 9.34. The zero-order valence-corrected chi connectivity index (χ0v) is 16.6. The molecule has 3 aromatic rings. The van der Waals surface area contributed by atoms with Crippen LogP contribution in [0.1, 0.15) is 59.4 Å². The topological polar surface area (TPSA) is 83.7 Å². The minimum Gasteiger partial charge on any atom is -0.396 e. The number of Topliss-reactive ketones (excluding diaryl/α,β-unsaturated/α-hetero) is 1. The van der Waals surface area contributed by atoms with Crippen LogP contribution >= 0.6 is 0 Å². The number of carbonyl (C=O) groups is 2. The number of pyridine rings is 1. The van der Waals surface area contributed by atoms with Crippen LogP contribution in [0.4, 0.5) is 10.1 Å². The maximum atomic E-state index is 14.3. The fourth-order valence-electron chi connectivity index (χ4n) is 4.22. The highest BCUT2D eigenvalue weighted by Gasteiger charge is 2.33. The minimum atomic E-state index is -0.614. The van der Waals surface area contributed by atoms with Crippen LogP contribution < -0.4 is 5.32 Å². The summed E-state index contributed by atoms with van der Waals surface area (Å²) in [7, 11) is 0. The summed E-state index contributed by atoms with van der Waals surface area (Å²) in [4.78, 5) is 29.5. The van der Waals surface area contributed by atoms with E-state index in [4.69, 9.17) is 0 Å². The van der Waals surface area contributed by atoms with Crippen molar-refractivity contribution >= 4 is 23.0 Å². The third kappa shape index (κ3) is 3.98. The molecule has 1 aliphatic carbocycles. The van der Waals surface area contributed by atoms with E-state index in [1.165, 1.54) is 24.4 Å². The monoisotopic (exact) mass is 409 g/mol. The molecular formula is C23H24FN3O3. The highest BCUT2D eigenvalue weighted by atomic mass is 19.1. The van der Waals surface area contributed by atoms with Gasteiger partial charge in [-0.15, -0.1) is 0 Å². The molecule has 7 heteroatoms. The number of benzene rings is 1. The van der Waals surface area contributed by atoms with Crippen LogP contribution in [-0.4, -0.2) is 32.8 Å². The Morgan fingerprint density at radius 1 is 1.20 bits per heavy atom. The van der Waals surface area contributed by atoms with Crippen LogP contribution in [0.3, 0.4) is 0 Å². The number of rotatable bonds is 7. The molecule has 1 aromatic carbocycles. The van der Waals surface area contributed by atoms with Crippen molar-refractivity contribution in [2.24, 2.45) is 5.41 Å². The number of nitrogens with one attached hydrogen (secondary N) is 1. The molecule has 2 heterocycles.